The van der Waals surface area contributed by atoms with Gasteiger partial charge in [0.05, 0.1) is 0 Å². The molecule has 2 fully saturated rings. The molecule has 1 aromatic rings. The molecule has 0 aliphatic heterocycles. The third-order valence-electron chi connectivity index (χ3n) is 3.93. The van der Waals surface area contributed by atoms with Crippen LogP contribution in [0, 0.1) is 24.7 Å². The van der Waals surface area contributed by atoms with E-state index in [-0.39, 0.29) is 0 Å². The molecule has 0 radical (unpaired) electrons. The van der Waals surface area contributed by atoms with Gasteiger partial charge in [-0.2, -0.15) is 0 Å². The van der Waals surface area contributed by atoms with Crippen LogP contribution in [0.5, 0.6) is 0 Å². The van der Waals surface area contributed by atoms with Crippen molar-refractivity contribution in [2.75, 3.05) is 6.54 Å². The van der Waals surface area contributed by atoms with Crippen LogP contribution in [0.15, 0.2) is 12.1 Å². The molecule has 1 heterocycles. The van der Waals surface area contributed by atoms with Crippen LogP contribution in [0.1, 0.15) is 35.4 Å². The van der Waals surface area contributed by atoms with Crippen LogP contribution >= 0.6 is 11.3 Å². The van der Waals surface area contributed by atoms with E-state index in [4.69, 9.17) is 0 Å². The second kappa shape index (κ2) is 4.50. The SMILES string of the molecule is Cc1ccc(CNCC(C2CC2)C2CC2)s1. The Hall–Kier alpha value is -0.340. The fourth-order valence-electron chi connectivity index (χ4n) is 2.71. The van der Waals surface area contributed by atoms with Gasteiger partial charge in [-0.15, -0.1) is 11.3 Å². The third-order valence-corrected chi connectivity index (χ3v) is 4.93. The van der Waals surface area contributed by atoms with Crippen LogP contribution in [-0.4, -0.2) is 6.54 Å². The molecular weight excluding hydrogens is 214 g/mol. The molecule has 2 aliphatic carbocycles. The van der Waals surface area contributed by atoms with Gasteiger partial charge in [0.2, 0.25) is 0 Å². The van der Waals surface area contributed by atoms with Crippen molar-refractivity contribution >= 4 is 11.3 Å². The van der Waals surface area contributed by atoms with Crippen LogP contribution < -0.4 is 5.32 Å². The van der Waals surface area contributed by atoms with Crippen molar-refractivity contribution in [3.63, 3.8) is 0 Å². The summed E-state index contributed by atoms with van der Waals surface area (Å²) in [7, 11) is 0. The highest BCUT2D eigenvalue weighted by atomic mass is 32.1. The van der Waals surface area contributed by atoms with Gasteiger partial charge in [-0.1, -0.05) is 0 Å². The molecule has 16 heavy (non-hydrogen) atoms. The molecule has 0 saturated heterocycles. The zero-order chi connectivity index (χ0) is 11.0. The quantitative estimate of drug-likeness (QED) is 0.794. The van der Waals surface area contributed by atoms with E-state index in [1.165, 1.54) is 42.0 Å². The average molecular weight is 235 g/mol. The lowest BCUT2D eigenvalue weighted by atomic mass is 9.98. The summed E-state index contributed by atoms with van der Waals surface area (Å²) < 4.78 is 0. The first-order valence-corrected chi connectivity index (χ1v) is 7.40. The molecule has 1 N–H and O–H groups in total. The van der Waals surface area contributed by atoms with Gasteiger partial charge < -0.3 is 5.32 Å². The number of rotatable bonds is 6. The first kappa shape index (κ1) is 10.8. The van der Waals surface area contributed by atoms with Crippen molar-refractivity contribution in [2.24, 2.45) is 17.8 Å². The van der Waals surface area contributed by atoms with Crippen molar-refractivity contribution in [3.8, 4) is 0 Å². The topological polar surface area (TPSA) is 12.0 Å². The first-order valence-electron chi connectivity index (χ1n) is 6.59. The smallest absolute Gasteiger partial charge is 0.0299 e. The molecule has 0 aromatic carbocycles. The molecule has 3 rings (SSSR count). The molecule has 1 nitrogen and oxygen atoms in total. The van der Waals surface area contributed by atoms with Crippen LogP contribution in [0.2, 0.25) is 0 Å². The van der Waals surface area contributed by atoms with E-state index in [1.807, 2.05) is 11.3 Å². The molecule has 0 atom stereocenters. The van der Waals surface area contributed by atoms with Gasteiger partial charge in [0.15, 0.2) is 0 Å². The zero-order valence-corrected chi connectivity index (χ0v) is 10.9. The minimum Gasteiger partial charge on any atom is -0.312 e. The van der Waals surface area contributed by atoms with Gasteiger partial charge in [-0.3, -0.25) is 0 Å². The second-order valence-corrected chi connectivity index (χ2v) is 6.85. The Morgan fingerprint density at radius 2 is 1.94 bits per heavy atom. The van der Waals surface area contributed by atoms with Crippen LogP contribution in [0.3, 0.4) is 0 Å². The number of thiophene rings is 1. The lowest BCUT2D eigenvalue weighted by molar-refractivity contribution is 0.379. The molecule has 0 bridgehead atoms. The largest absolute Gasteiger partial charge is 0.312 e. The van der Waals surface area contributed by atoms with Gasteiger partial charge in [0, 0.05) is 16.3 Å². The molecule has 2 aliphatic rings. The van der Waals surface area contributed by atoms with Crippen LogP contribution in [-0.2, 0) is 6.54 Å². The summed E-state index contributed by atoms with van der Waals surface area (Å²) in [5, 5.41) is 3.67. The summed E-state index contributed by atoms with van der Waals surface area (Å²) >= 11 is 1.92. The highest BCUT2D eigenvalue weighted by molar-refractivity contribution is 7.11. The van der Waals surface area contributed by atoms with E-state index in [1.54, 1.807) is 0 Å². The van der Waals surface area contributed by atoms with Crippen molar-refractivity contribution < 1.29 is 0 Å². The van der Waals surface area contributed by atoms with Crippen molar-refractivity contribution in [3.05, 3.63) is 21.9 Å². The van der Waals surface area contributed by atoms with E-state index in [2.05, 4.69) is 24.4 Å². The summed E-state index contributed by atoms with van der Waals surface area (Å²) in [6.45, 7) is 4.52. The summed E-state index contributed by atoms with van der Waals surface area (Å²) in [6, 6.07) is 4.48. The maximum Gasteiger partial charge on any atom is 0.0299 e. The van der Waals surface area contributed by atoms with Gasteiger partial charge >= 0.3 is 0 Å². The van der Waals surface area contributed by atoms with E-state index in [9.17, 15) is 0 Å². The maximum atomic E-state index is 3.67. The minimum atomic E-state index is 1.00. The molecule has 0 spiro atoms. The van der Waals surface area contributed by atoms with Crippen molar-refractivity contribution in [2.45, 2.75) is 39.2 Å². The van der Waals surface area contributed by atoms with Crippen LogP contribution in [0.25, 0.3) is 0 Å². The maximum absolute atomic E-state index is 3.67. The Kier molecular flexibility index (Phi) is 3.03. The monoisotopic (exact) mass is 235 g/mol. The van der Waals surface area contributed by atoms with Gasteiger partial charge in [0.25, 0.3) is 0 Å². The van der Waals surface area contributed by atoms with E-state index >= 15 is 0 Å². The lowest BCUT2D eigenvalue weighted by Crippen LogP contribution is -2.24. The normalized spacial score (nSPS) is 20.6. The van der Waals surface area contributed by atoms with E-state index in [0.29, 0.717) is 0 Å². The number of aryl methyl sites for hydroxylation is 1. The predicted octanol–water partition coefficient (Wildman–Crippen LogP) is 3.58. The average Bonchev–Trinajstić information content (AvgIpc) is 3.15. The summed E-state index contributed by atoms with van der Waals surface area (Å²) in [4.78, 5) is 2.92. The Balaban J connectivity index is 1.44. The molecule has 88 valence electrons. The van der Waals surface area contributed by atoms with Crippen molar-refractivity contribution in [1.82, 2.24) is 5.32 Å². The molecule has 2 heteroatoms. The Morgan fingerprint density at radius 1 is 1.25 bits per heavy atom. The first-order chi connectivity index (χ1) is 7.83. The molecule has 0 amide bonds. The molecule has 2 saturated carbocycles. The Morgan fingerprint density at radius 3 is 2.44 bits per heavy atom. The van der Waals surface area contributed by atoms with E-state index in [0.717, 1.165) is 24.3 Å². The predicted molar refractivity (Wildman–Crippen MR) is 69.7 cm³/mol. The fourth-order valence-corrected chi connectivity index (χ4v) is 3.57. The van der Waals surface area contributed by atoms with Crippen LogP contribution in [0.4, 0.5) is 0 Å². The number of hydrogen-bond acceptors (Lipinski definition) is 2. The third kappa shape index (κ3) is 2.67. The highest BCUT2D eigenvalue weighted by Gasteiger charge is 2.40. The molecule has 0 unspecified atom stereocenters. The number of hydrogen-bond donors (Lipinski definition) is 1. The summed E-state index contributed by atoms with van der Waals surface area (Å²) in [5.41, 5.74) is 0. The molecular formula is C14H21NS. The highest BCUT2D eigenvalue weighted by Crippen LogP contribution is 2.48. The minimum absolute atomic E-state index is 1.00. The van der Waals surface area contributed by atoms with E-state index < -0.39 is 0 Å². The zero-order valence-electron chi connectivity index (χ0n) is 10.0. The van der Waals surface area contributed by atoms with Gasteiger partial charge in [-0.05, 0) is 69.0 Å². The number of nitrogens with one attached hydrogen (secondary N) is 1. The summed E-state index contributed by atoms with van der Waals surface area (Å²) in [6.07, 6.45) is 6.00. The van der Waals surface area contributed by atoms with Gasteiger partial charge in [-0.25, -0.2) is 0 Å². The Bertz CT molecular complexity index is 337. The van der Waals surface area contributed by atoms with Crippen molar-refractivity contribution in [1.29, 1.82) is 0 Å². The fraction of sp³-hybridized carbons (Fsp3) is 0.714. The standard InChI is InChI=1S/C14H21NS/c1-10-2-7-13(16-10)8-15-9-14(11-3-4-11)12-5-6-12/h2,7,11-12,14-15H,3-6,8-9H2,1H3. The lowest BCUT2D eigenvalue weighted by Gasteiger charge is -2.15. The molecule has 1 aromatic heterocycles. The Labute approximate surface area is 102 Å². The summed E-state index contributed by atoms with van der Waals surface area (Å²) in [5.74, 6) is 3.15. The van der Waals surface area contributed by atoms with Gasteiger partial charge in [0.1, 0.15) is 0 Å². The second-order valence-electron chi connectivity index (χ2n) is 5.48.